The molecule has 0 spiro atoms. The van der Waals surface area contributed by atoms with Crippen LogP contribution in [0.2, 0.25) is 0 Å². The van der Waals surface area contributed by atoms with E-state index in [4.69, 9.17) is 0 Å². The fourth-order valence-corrected chi connectivity index (χ4v) is 3.83. The number of nitriles is 1. The molecule has 1 aromatic rings. The molecule has 1 aliphatic carbocycles. The monoisotopic (exact) mass is 280 g/mol. The molecular weight excluding hydrogens is 260 g/mol. The fraction of sp³-hybridized carbons (Fsp3) is 0.643. The summed E-state index contributed by atoms with van der Waals surface area (Å²) < 4.78 is 1.38. The Labute approximate surface area is 118 Å². The van der Waals surface area contributed by atoms with Gasteiger partial charge in [0.25, 0.3) is 0 Å². The average Bonchev–Trinajstić information content (AvgIpc) is 3.05. The molecule has 1 heterocycles. The minimum Gasteiger partial charge on any atom is -0.297 e. The molecule has 2 nitrogen and oxygen atoms in total. The van der Waals surface area contributed by atoms with Gasteiger partial charge in [0.05, 0.1) is 10.3 Å². The van der Waals surface area contributed by atoms with Gasteiger partial charge in [-0.3, -0.25) is 5.32 Å². The average molecular weight is 280 g/mol. The number of thiophene rings is 1. The van der Waals surface area contributed by atoms with Gasteiger partial charge in [-0.1, -0.05) is 13.0 Å². The van der Waals surface area contributed by atoms with Gasteiger partial charge in [0.15, 0.2) is 0 Å². The van der Waals surface area contributed by atoms with Gasteiger partial charge < -0.3 is 0 Å². The minimum atomic E-state index is -0.281. The van der Waals surface area contributed by atoms with Crippen molar-refractivity contribution in [3.8, 4) is 6.07 Å². The summed E-state index contributed by atoms with van der Waals surface area (Å²) >= 11 is 3.70. The first-order chi connectivity index (χ1) is 8.78. The Morgan fingerprint density at radius 2 is 2.44 bits per heavy atom. The Hall–Kier alpha value is -0.500. The third-order valence-corrected chi connectivity index (χ3v) is 5.58. The second-order valence-electron chi connectivity index (χ2n) is 4.85. The lowest BCUT2D eigenvalue weighted by atomic mass is 9.92. The molecule has 1 fully saturated rings. The van der Waals surface area contributed by atoms with Crippen molar-refractivity contribution < 1.29 is 0 Å². The van der Waals surface area contributed by atoms with Crippen LogP contribution < -0.4 is 5.32 Å². The Bertz CT molecular complexity index is 392. The first-order valence-corrected chi connectivity index (χ1v) is 8.50. The highest BCUT2D eigenvalue weighted by Crippen LogP contribution is 2.29. The van der Waals surface area contributed by atoms with Gasteiger partial charge in [-0.05, 0) is 49.3 Å². The third kappa shape index (κ3) is 4.01. The Kier molecular flexibility index (Phi) is 5.11. The van der Waals surface area contributed by atoms with E-state index in [0.29, 0.717) is 6.04 Å². The third-order valence-electron chi connectivity index (χ3n) is 3.36. The predicted octanol–water partition coefficient (Wildman–Crippen LogP) is 4.04. The van der Waals surface area contributed by atoms with Gasteiger partial charge in [0, 0.05) is 6.04 Å². The van der Waals surface area contributed by atoms with Gasteiger partial charge in [0.2, 0.25) is 0 Å². The van der Waals surface area contributed by atoms with E-state index >= 15 is 0 Å². The molecule has 1 N–H and O–H groups in total. The summed E-state index contributed by atoms with van der Waals surface area (Å²) in [4.78, 5) is 0. The van der Waals surface area contributed by atoms with E-state index in [1.54, 1.807) is 11.3 Å². The highest BCUT2D eigenvalue weighted by molar-refractivity contribution is 8.01. The van der Waals surface area contributed by atoms with Crippen LogP contribution in [0.15, 0.2) is 21.7 Å². The van der Waals surface area contributed by atoms with Crippen molar-refractivity contribution in [1.82, 2.24) is 5.32 Å². The van der Waals surface area contributed by atoms with E-state index in [1.807, 2.05) is 11.8 Å². The standard InChI is InChI=1S/C14H20N2S2/c1-2-14(11-15,16-12-6-7-12)8-4-10-18-13-5-3-9-17-13/h3,5,9,12,16H,2,4,6-8,10H2,1H3. The van der Waals surface area contributed by atoms with E-state index in [-0.39, 0.29) is 5.54 Å². The van der Waals surface area contributed by atoms with Crippen LogP contribution in [0, 0.1) is 11.3 Å². The van der Waals surface area contributed by atoms with Crippen LogP contribution in [0.5, 0.6) is 0 Å². The predicted molar refractivity (Wildman–Crippen MR) is 79.1 cm³/mol. The van der Waals surface area contributed by atoms with Gasteiger partial charge in [0.1, 0.15) is 5.54 Å². The maximum absolute atomic E-state index is 9.42. The molecule has 18 heavy (non-hydrogen) atoms. The largest absolute Gasteiger partial charge is 0.297 e. The molecular formula is C14H20N2S2. The Morgan fingerprint density at radius 1 is 1.61 bits per heavy atom. The zero-order chi connectivity index (χ0) is 12.8. The lowest BCUT2D eigenvalue weighted by molar-refractivity contribution is 0.367. The number of thioether (sulfide) groups is 1. The smallest absolute Gasteiger partial charge is 0.106 e. The van der Waals surface area contributed by atoms with Crippen molar-refractivity contribution in [3.63, 3.8) is 0 Å². The minimum absolute atomic E-state index is 0.281. The van der Waals surface area contributed by atoms with Gasteiger partial charge >= 0.3 is 0 Å². The normalized spacial score (nSPS) is 18.2. The van der Waals surface area contributed by atoms with Crippen molar-refractivity contribution in [1.29, 1.82) is 5.26 Å². The molecule has 1 saturated carbocycles. The van der Waals surface area contributed by atoms with Crippen LogP contribution in [0.4, 0.5) is 0 Å². The second-order valence-corrected chi connectivity index (χ2v) is 7.19. The van der Waals surface area contributed by atoms with E-state index in [2.05, 4.69) is 35.8 Å². The maximum atomic E-state index is 9.42. The van der Waals surface area contributed by atoms with Crippen molar-refractivity contribution in [2.24, 2.45) is 0 Å². The van der Waals surface area contributed by atoms with Crippen LogP contribution >= 0.6 is 23.1 Å². The summed E-state index contributed by atoms with van der Waals surface area (Å²) in [5.74, 6) is 1.11. The lowest BCUT2D eigenvalue weighted by Gasteiger charge is -2.26. The molecule has 0 radical (unpaired) electrons. The van der Waals surface area contributed by atoms with Crippen LogP contribution in [-0.2, 0) is 0 Å². The topological polar surface area (TPSA) is 35.8 Å². The molecule has 0 aromatic carbocycles. The molecule has 1 unspecified atom stereocenters. The number of hydrogen-bond acceptors (Lipinski definition) is 4. The van der Waals surface area contributed by atoms with Gasteiger partial charge in [-0.15, -0.1) is 23.1 Å². The summed E-state index contributed by atoms with van der Waals surface area (Å²) in [6.45, 7) is 2.12. The zero-order valence-corrected chi connectivity index (χ0v) is 12.4. The van der Waals surface area contributed by atoms with Crippen molar-refractivity contribution >= 4 is 23.1 Å². The molecule has 0 bridgehead atoms. The number of rotatable bonds is 8. The molecule has 1 aromatic heterocycles. The summed E-state index contributed by atoms with van der Waals surface area (Å²) in [6, 6.07) is 7.37. The molecule has 0 saturated heterocycles. The van der Waals surface area contributed by atoms with Crippen LogP contribution in [0.1, 0.15) is 39.0 Å². The van der Waals surface area contributed by atoms with Crippen molar-refractivity contribution in [2.75, 3.05) is 5.75 Å². The maximum Gasteiger partial charge on any atom is 0.106 e. The zero-order valence-electron chi connectivity index (χ0n) is 10.8. The van der Waals surface area contributed by atoms with E-state index in [9.17, 15) is 5.26 Å². The molecule has 1 aliphatic rings. The molecule has 0 aliphatic heterocycles. The first-order valence-electron chi connectivity index (χ1n) is 6.63. The Morgan fingerprint density at radius 3 is 3.00 bits per heavy atom. The summed E-state index contributed by atoms with van der Waals surface area (Å²) in [5, 5.41) is 15.1. The molecule has 0 amide bonds. The molecule has 2 rings (SSSR count). The summed E-state index contributed by atoms with van der Waals surface area (Å²) in [5.41, 5.74) is -0.281. The van der Waals surface area contributed by atoms with Crippen LogP contribution in [0.25, 0.3) is 0 Å². The summed E-state index contributed by atoms with van der Waals surface area (Å²) in [6.07, 6.45) is 5.46. The highest BCUT2D eigenvalue weighted by Gasteiger charge is 2.34. The van der Waals surface area contributed by atoms with Gasteiger partial charge in [-0.25, -0.2) is 0 Å². The van der Waals surface area contributed by atoms with Crippen molar-refractivity contribution in [2.45, 2.75) is 54.8 Å². The van der Waals surface area contributed by atoms with E-state index in [0.717, 1.165) is 25.0 Å². The number of nitrogens with zero attached hydrogens (tertiary/aromatic N) is 1. The van der Waals surface area contributed by atoms with Crippen molar-refractivity contribution in [3.05, 3.63) is 17.5 Å². The molecule has 4 heteroatoms. The number of nitrogens with one attached hydrogen (secondary N) is 1. The lowest BCUT2D eigenvalue weighted by Crippen LogP contribution is -2.44. The van der Waals surface area contributed by atoms with Crippen LogP contribution in [0.3, 0.4) is 0 Å². The quantitative estimate of drug-likeness (QED) is 0.576. The Balaban J connectivity index is 1.73. The highest BCUT2D eigenvalue weighted by atomic mass is 32.2. The number of hydrogen-bond donors (Lipinski definition) is 1. The van der Waals surface area contributed by atoms with E-state index < -0.39 is 0 Å². The molecule has 1 atom stereocenters. The van der Waals surface area contributed by atoms with Gasteiger partial charge in [-0.2, -0.15) is 5.26 Å². The molecule has 98 valence electrons. The SMILES string of the molecule is CCC(C#N)(CCCSc1cccs1)NC1CC1. The fourth-order valence-electron chi connectivity index (χ4n) is 2.03. The first kappa shape index (κ1) is 13.9. The summed E-state index contributed by atoms with van der Waals surface area (Å²) in [7, 11) is 0. The second kappa shape index (κ2) is 6.60. The van der Waals surface area contributed by atoms with Crippen LogP contribution in [-0.4, -0.2) is 17.3 Å². The van der Waals surface area contributed by atoms with E-state index in [1.165, 1.54) is 17.1 Å².